The van der Waals surface area contributed by atoms with Crippen LogP contribution in [0.3, 0.4) is 0 Å². The smallest absolute Gasteiger partial charge is 0.120 e. The van der Waals surface area contributed by atoms with Gasteiger partial charge in [0.15, 0.2) is 0 Å². The minimum Gasteiger partial charge on any atom is -0.492 e. The third-order valence-corrected chi connectivity index (χ3v) is 3.70. The van der Waals surface area contributed by atoms with E-state index in [2.05, 4.69) is 24.8 Å². The van der Waals surface area contributed by atoms with Gasteiger partial charge in [-0.05, 0) is 30.0 Å². The van der Waals surface area contributed by atoms with Gasteiger partial charge in [0.1, 0.15) is 12.4 Å². The first-order valence-electron chi connectivity index (χ1n) is 6.54. The molecule has 96 valence electrons. The first-order chi connectivity index (χ1) is 8.69. The summed E-state index contributed by atoms with van der Waals surface area (Å²) in [6.45, 7) is 8.61. The Balaban J connectivity index is 1.77. The Morgan fingerprint density at radius 1 is 1.33 bits per heavy atom. The zero-order chi connectivity index (χ0) is 13.0. The van der Waals surface area contributed by atoms with Crippen molar-refractivity contribution in [1.82, 2.24) is 4.90 Å². The minimum absolute atomic E-state index is 0.649. The molecular weight excluding hydrogens is 224 g/mol. The molecular formula is C15H20N2O. The minimum atomic E-state index is 0.649. The van der Waals surface area contributed by atoms with Crippen molar-refractivity contribution in [3.8, 4) is 11.8 Å². The van der Waals surface area contributed by atoms with E-state index in [9.17, 15) is 0 Å². The molecule has 1 aliphatic rings. The van der Waals surface area contributed by atoms with Gasteiger partial charge >= 0.3 is 0 Å². The molecule has 1 heterocycles. The number of hydrogen-bond acceptors (Lipinski definition) is 3. The molecule has 1 aliphatic heterocycles. The van der Waals surface area contributed by atoms with E-state index in [1.807, 2.05) is 12.1 Å². The Morgan fingerprint density at radius 3 is 2.72 bits per heavy atom. The fourth-order valence-electron chi connectivity index (χ4n) is 2.38. The maximum Gasteiger partial charge on any atom is 0.120 e. The summed E-state index contributed by atoms with van der Waals surface area (Å²) in [6, 6.07) is 9.45. The molecule has 2 unspecified atom stereocenters. The summed E-state index contributed by atoms with van der Waals surface area (Å²) < 4.78 is 5.69. The van der Waals surface area contributed by atoms with E-state index in [1.54, 1.807) is 12.1 Å². The summed E-state index contributed by atoms with van der Waals surface area (Å²) >= 11 is 0. The van der Waals surface area contributed by atoms with Gasteiger partial charge in [-0.25, -0.2) is 0 Å². The lowest BCUT2D eigenvalue weighted by Gasteiger charge is -2.15. The van der Waals surface area contributed by atoms with Gasteiger partial charge in [-0.15, -0.1) is 0 Å². The molecule has 0 spiro atoms. The molecule has 0 saturated carbocycles. The van der Waals surface area contributed by atoms with Crippen molar-refractivity contribution >= 4 is 0 Å². The summed E-state index contributed by atoms with van der Waals surface area (Å²) in [5, 5.41) is 8.80. The van der Waals surface area contributed by atoms with Crippen LogP contribution in [0.4, 0.5) is 0 Å². The van der Waals surface area contributed by atoms with E-state index < -0.39 is 0 Å². The Kier molecular flexibility index (Phi) is 4.22. The molecule has 2 atom stereocenters. The number of nitriles is 1. The average molecular weight is 244 g/mol. The van der Waals surface area contributed by atoms with Gasteiger partial charge in [0, 0.05) is 19.6 Å². The summed E-state index contributed by atoms with van der Waals surface area (Å²) in [5.41, 5.74) is 0.649. The zero-order valence-corrected chi connectivity index (χ0v) is 11.1. The topological polar surface area (TPSA) is 36.3 Å². The number of hydrogen-bond donors (Lipinski definition) is 0. The van der Waals surface area contributed by atoms with E-state index in [0.717, 1.165) is 24.1 Å². The van der Waals surface area contributed by atoms with Crippen molar-refractivity contribution in [3.63, 3.8) is 0 Å². The lowest BCUT2D eigenvalue weighted by molar-refractivity contribution is 0.232. The largest absolute Gasteiger partial charge is 0.492 e. The number of rotatable bonds is 4. The highest BCUT2D eigenvalue weighted by Crippen LogP contribution is 2.21. The second-order valence-corrected chi connectivity index (χ2v) is 5.20. The molecule has 0 N–H and O–H groups in total. The number of nitrogens with zero attached hydrogens (tertiary/aromatic N) is 2. The number of benzene rings is 1. The van der Waals surface area contributed by atoms with Crippen LogP contribution in [0.1, 0.15) is 19.4 Å². The quantitative estimate of drug-likeness (QED) is 0.816. The molecule has 3 nitrogen and oxygen atoms in total. The molecule has 3 heteroatoms. The van der Waals surface area contributed by atoms with Crippen molar-refractivity contribution < 1.29 is 4.74 Å². The summed E-state index contributed by atoms with van der Waals surface area (Å²) in [5.74, 6) is 2.35. The highest BCUT2D eigenvalue weighted by molar-refractivity contribution is 5.36. The van der Waals surface area contributed by atoms with Crippen LogP contribution >= 0.6 is 0 Å². The second-order valence-electron chi connectivity index (χ2n) is 5.20. The van der Waals surface area contributed by atoms with Crippen LogP contribution in [0.2, 0.25) is 0 Å². The molecule has 0 aromatic heterocycles. The van der Waals surface area contributed by atoms with Crippen molar-refractivity contribution in [3.05, 3.63) is 29.8 Å². The van der Waals surface area contributed by atoms with Gasteiger partial charge in [0.25, 0.3) is 0 Å². The van der Waals surface area contributed by atoms with Crippen molar-refractivity contribution in [2.24, 2.45) is 11.8 Å². The molecule has 1 fully saturated rings. The standard InChI is InChI=1S/C15H20N2O/c1-12-10-17(11-13(12)2)6-7-18-15-5-3-4-14(8-15)9-16/h3-5,8,12-13H,6-7,10-11H2,1-2H3. The van der Waals surface area contributed by atoms with Gasteiger partial charge in [0.2, 0.25) is 0 Å². The molecule has 2 rings (SSSR count). The van der Waals surface area contributed by atoms with E-state index >= 15 is 0 Å². The molecule has 1 saturated heterocycles. The monoisotopic (exact) mass is 244 g/mol. The predicted octanol–water partition coefficient (Wildman–Crippen LogP) is 2.52. The van der Waals surface area contributed by atoms with Crippen LogP contribution in [-0.4, -0.2) is 31.1 Å². The zero-order valence-electron chi connectivity index (χ0n) is 11.1. The Labute approximate surface area is 109 Å². The van der Waals surface area contributed by atoms with Gasteiger partial charge in [0.05, 0.1) is 11.6 Å². The van der Waals surface area contributed by atoms with E-state index in [4.69, 9.17) is 10.00 Å². The predicted molar refractivity (Wildman–Crippen MR) is 71.4 cm³/mol. The summed E-state index contributed by atoms with van der Waals surface area (Å²) in [4.78, 5) is 2.45. The van der Waals surface area contributed by atoms with Crippen molar-refractivity contribution in [2.75, 3.05) is 26.2 Å². The van der Waals surface area contributed by atoms with Crippen LogP contribution in [0.15, 0.2) is 24.3 Å². The summed E-state index contributed by atoms with van der Waals surface area (Å²) in [7, 11) is 0. The Morgan fingerprint density at radius 2 is 2.06 bits per heavy atom. The fraction of sp³-hybridized carbons (Fsp3) is 0.533. The first-order valence-corrected chi connectivity index (χ1v) is 6.54. The average Bonchev–Trinajstić information content (AvgIpc) is 2.69. The Bertz CT molecular complexity index is 428. The van der Waals surface area contributed by atoms with Crippen molar-refractivity contribution in [1.29, 1.82) is 5.26 Å². The molecule has 0 aliphatic carbocycles. The second kappa shape index (κ2) is 5.88. The fourth-order valence-corrected chi connectivity index (χ4v) is 2.38. The Hall–Kier alpha value is -1.53. The molecule has 0 amide bonds. The molecule has 18 heavy (non-hydrogen) atoms. The maximum absolute atomic E-state index is 8.80. The van der Waals surface area contributed by atoms with Gasteiger partial charge in [-0.3, -0.25) is 4.90 Å². The number of ether oxygens (including phenoxy) is 1. The van der Waals surface area contributed by atoms with Crippen LogP contribution in [0, 0.1) is 23.2 Å². The number of likely N-dealkylation sites (tertiary alicyclic amines) is 1. The van der Waals surface area contributed by atoms with Crippen LogP contribution in [-0.2, 0) is 0 Å². The van der Waals surface area contributed by atoms with E-state index in [0.29, 0.717) is 12.2 Å². The van der Waals surface area contributed by atoms with Crippen LogP contribution in [0.5, 0.6) is 5.75 Å². The molecule has 0 bridgehead atoms. The molecule has 0 radical (unpaired) electrons. The van der Waals surface area contributed by atoms with E-state index in [-0.39, 0.29) is 0 Å². The highest BCUT2D eigenvalue weighted by Gasteiger charge is 2.25. The van der Waals surface area contributed by atoms with Crippen LogP contribution in [0.25, 0.3) is 0 Å². The maximum atomic E-state index is 8.80. The SMILES string of the molecule is CC1CN(CCOc2cccc(C#N)c2)CC1C. The molecule has 1 aromatic carbocycles. The lowest BCUT2D eigenvalue weighted by Crippen LogP contribution is -2.26. The van der Waals surface area contributed by atoms with E-state index in [1.165, 1.54) is 13.1 Å². The highest BCUT2D eigenvalue weighted by atomic mass is 16.5. The van der Waals surface area contributed by atoms with Crippen LogP contribution < -0.4 is 4.74 Å². The summed E-state index contributed by atoms with van der Waals surface area (Å²) in [6.07, 6.45) is 0. The normalized spacial score (nSPS) is 23.8. The first kappa shape index (κ1) is 12.9. The van der Waals surface area contributed by atoms with Crippen molar-refractivity contribution in [2.45, 2.75) is 13.8 Å². The van der Waals surface area contributed by atoms with Gasteiger partial charge < -0.3 is 4.74 Å². The van der Waals surface area contributed by atoms with Gasteiger partial charge in [-0.2, -0.15) is 5.26 Å². The third-order valence-electron chi connectivity index (χ3n) is 3.70. The molecule has 1 aromatic rings. The lowest BCUT2D eigenvalue weighted by atomic mass is 10.0. The third kappa shape index (κ3) is 3.24. The van der Waals surface area contributed by atoms with Gasteiger partial charge in [-0.1, -0.05) is 19.9 Å².